The Bertz CT molecular complexity index is 444. The number of aromatic nitrogens is 2. The van der Waals surface area contributed by atoms with Crippen molar-refractivity contribution in [3.63, 3.8) is 0 Å². The first kappa shape index (κ1) is 13.6. The summed E-state index contributed by atoms with van der Waals surface area (Å²) in [6, 6.07) is 1.59. The maximum Gasteiger partial charge on any atom is 0.328 e. The van der Waals surface area contributed by atoms with Crippen LogP contribution >= 0.6 is 0 Å². The predicted octanol–water partition coefficient (Wildman–Crippen LogP) is 1.29. The first-order valence-electron chi connectivity index (χ1n) is 6.66. The molecule has 1 unspecified atom stereocenters. The summed E-state index contributed by atoms with van der Waals surface area (Å²) < 4.78 is 5.14. The number of aryl methyl sites for hydroxylation is 1. The van der Waals surface area contributed by atoms with Gasteiger partial charge < -0.3 is 15.4 Å². The van der Waals surface area contributed by atoms with Crippen LogP contribution in [0, 0.1) is 6.92 Å². The number of carbonyl (C=O) groups is 1. The molecule has 2 heterocycles. The van der Waals surface area contributed by atoms with E-state index in [0.717, 1.165) is 31.5 Å². The number of nitrogen functional groups attached to an aromatic ring is 1. The second kappa shape index (κ2) is 5.86. The lowest BCUT2D eigenvalue weighted by Gasteiger charge is -2.34. The van der Waals surface area contributed by atoms with Gasteiger partial charge in [0.05, 0.1) is 6.61 Å². The molecule has 1 fully saturated rings. The summed E-state index contributed by atoms with van der Waals surface area (Å²) >= 11 is 0. The van der Waals surface area contributed by atoms with Gasteiger partial charge in [-0.15, -0.1) is 0 Å². The molecule has 0 radical (unpaired) electrons. The van der Waals surface area contributed by atoms with Crippen molar-refractivity contribution in [3.8, 4) is 0 Å². The van der Waals surface area contributed by atoms with E-state index in [4.69, 9.17) is 10.5 Å². The molecule has 19 heavy (non-hydrogen) atoms. The molecule has 1 aromatic heterocycles. The zero-order chi connectivity index (χ0) is 13.8. The predicted molar refractivity (Wildman–Crippen MR) is 72.8 cm³/mol. The maximum absolute atomic E-state index is 12.0. The van der Waals surface area contributed by atoms with Crippen LogP contribution in [0.5, 0.6) is 0 Å². The van der Waals surface area contributed by atoms with Crippen molar-refractivity contribution < 1.29 is 9.53 Å². The van der Waals surface area contributed by atoms with Gasteiger partial charge in [-0.3, -0.25) is 0 Å². The van der Waals surface area contributed by atoms with Gasteiger partial charge in [0.1, 0.15) is 11.9 Å². The van der Waals surface area contributed by atoms with Gasteiger partial charge in [0.2, 0.25) is 5.95 Å². The molecule has 0 saturated carbocycles. The van der Waals surface area contributed by atoms with Crippen molar-refractivity contribution in [2.45, 2.75) is 39.2 Å². The van der Waals surface area contributed by atoms with Crippen LogP contribution in [0.25, 0.3) is 0 Å². The van der Waals surface area contributed by atoms with E-state index in [1.165, 1.54) is 0 Å². The standard InChI is InChI=1S/C13H20N4O2/c1-3-19-12(18)10-6-4-5-7-17(10)11-8-9(2)15-13(14)16-11/h8,10H,3-7H2,1-2H3,(H2,14,15,16). The van der Waals surface area contributed by atoms with E-state index in [9.17, 15) is 4.79 Å². The Morgan fingerprint density at radius 3 is 3.00 bits per heavy atom. The summed E-state index contributed by atoms with van der Waals surface area (Å²) in [4.78, 5) is 22.3. The lowest BCUT2D eigenvalue weighted by atomic mass is 10.0. The van der Waals surface area contributed by atoms with Crippen molar-refractivity contribution >= 4 is 17.7 Å². The van der Waals surface area contributed by atoms with Crippen LogP contribution in [-0.4, -0.2) is 35.1 Å². The van der Waals surface area contributed by atoms with Gasteiger partial charge in [-0.05, 0) is 33.1 Å². The molecule has 6 heteroatoms. The normalized spacial score (nSPS) is 19.3. The van der Waals surface area contributed by atoms with Gasteiger partial charge in [-0.1, -0.05) is 0 Å². The topological polar surface area (TPSA) is 81.3 Å². The van der Waals surface area contributed by atoms with E-state index < -0.39 is 0 Å². The fourth-order valence-corrected chi connectivity index (χ4v) is 2.41. The van der Waals surface area contributed by atoms with Gasteiger partial charge in [-0.2, -0.15) is 4.98 Å². The van der Waals surface area contributed by atoms with E-state index in [2.05, 4.69) is 9.97 Å². The lowest BCUT2D eigenvalue weighted by molar-refractivity contribution is -0.145. The molecule has 2 N–H and O–H groups in total. The van der Waals surface area contributed by atoms with Gasteiger partial charge >= 0.3 is 5.97 Å². The highest BCUT2D eigenvalue weighted by atomic mass is 16.5. The van der Waals surface area contributed by atoms with E-state index in [1.54, 1.807) is 0 Å². The molecule has 1 aliphatic heterocycles. The Labute approximate surface area is 113 Å². The summed E-state index contributed by atoms with van der Waals surface area (Å²) in [5.41, 5.74) is 6.48. The zero-order valence-corrected chi connectivity index (χ0v) is 11.4. The van der Waals surface area contributed by atoms with Gasteiger partial charge in [0.25, 0.3) is 0 Å². The summed E-state index contributed by atoms with van der Waals surface area (Å²) in [5.74, 6) is 0.767. The number of nitrogens with two attached hydrogens (primary N) is 1. The smallest absolute Gasteiger partial charge is 0.328 e. The number of hydrogen-bond acceptors (Lipinski definition) is 6. The quantitative estimate of drug-likeness (QED) is 0.828. The fraction of sp³-hybridized carbons (Fsp3) is 0.615. The molecule has 0 amide bonds. The van der Waals surface area contributed by atoms with Crippen LogP contribution < -0.4 is 10.6 Å². The van der Waals surface area contributed by atoms with Crippen LogP contribution in [0.4, 0.5) is 11.8 Å². The monoisotopic (exact) mass is 264 g/mol. The number of ether oxygens (including phenoxy) is 1. The number of piperidine rings is 1. The number of rotatable bonds is 3. The Balaban J connectivity index is 2.25. The molecule has 1 aliphatic rings. The number of hydrogen-bond donors (Lipinski definition) is 1. The van der Waals surface area contributed by atoms with Crippen molar-refractivity contribution in [1.82, 2.24) is 9.97 Å². The summed E-state index contributed by atoms with van der Waals surface area (Å²) in [6.07, 6.45) is 2.86. The average molecular weight is 264 g/mol. The van der Waals surface area contributed by atoms with E-state index in [1.807, 2.05) is 24.8 Å². The largest absolute Gasteiger partial charge is 0.464 e. The molecule has 1 aromatic rings. The number of esters is 1. The fourth-order valence-electron chi connectivity index (χ4n) is 2.41. The van der Waals surface area contributed by atoms with Gasteiger partial charge in [0, 0.05) is 18.3 Å². The molecular formula is C13H20N4O2. The first-order valence-corrected chi connectivity index (χ1v) is 6.66. The average Bonchev–Trinajstić information content (AvgIpc) is 2.38. The third kappa shape index (κ3) is 3.13. The molecule has 6 nitrogen and oxygen atoms in total. The number of anilines is 2. The van der Waals surface area contributed by atoms with Crippen LogP contribution in [0.3, 0.4) is 0 Å². The summed E-state index contributed by atoms with van der Waals surface area (Å²) in [5, 5.41) is 0. The van der Waals surface area contributed by atoms with Gasteiger partial charge in [0.15, 0.2) is 0 Å². The lowest BCUT2D eigenvalue weighted by Crippen LogP contribution is -2.46. The van der Waals surface area contributed by atoms with Crippen LogP contribution in [0.15, 0.2) is 6.07 Å². The zero-order valence-electron chi connectivity index (χ0n) is 11.4. The molecule has 2 rings (SSSR count). The van der Waals surface area contributed by atoms with Gasteiger partial charge in [-0.25, -0.2) is 9.78 Å². The second-order valence-corrected chi connectivity index (χ2v) is 4.68. The number of carbonyl (C=O) groups excluding carboxylic acids is 1. The highest BCUT2D eigenvalue weighted by molar-refractivity contribution is 5.80. The minimum Gasteiger partial charge on any atom is -0.464 e. The maximum atomic E-state index is 12.0. The first-order chi connectivity index (χ1) is 9.11. The summed E-state index contributed by atoms with van der Waals surface area (Å²) in [6.45, 7) is 4.87. The molecule has 0 aromatic carbocycles. The Hall–Kier alpha value is -1.85. The third-order valence-corrected chi connectivity index (χ3v) is 3.21. The Morgan fingerprint density at radius 1 is 1.53 bits per heavy atom. The van der Waals surface area contributed by atoms with Crippen molar-refractivity contribution in [2.24, 2.45) is 0 Å². The van der Waals surface area contributed by atoms with E-state index in [0.29, 0.717) is 12.4 Å². The van der Waals surface area contributed by atoms with Crippen LogP contribution in [0.1, 0.15) is 31.9 Å². The van der Waals surface area contributed by atoms with Crippen molar-refractivity contribution in [3.05, 3.63) is 11.8 Å². The Kier molecular flexibility index (Phi) is 4.19. The van der Waals surface area contributed by atoms with Crippen LogP contribution in [-0.2, 0) is 9.53 Å². The van der Waals surface area contributed by atoms with Crippen molar-refractivity contribution in [2.75, 3.05) is 23.8 Å². The van der Waals surface area contributed by atoms with E-state index in [-0.39, 0.29) is 18.0 Å². The highest BCUT2D eigenvalue weighted by Gasteiger charge is 2.31. The molecule has 0 aliphatic carbocycles. The SMILES string of the molecule is CCOC(=O)C1CCCCN1c1cc(C)nc(N)n1. The molecule has 104 valence electrons. The highest BCUT2D eigenvalue weighted by Crippen LogP contribution is 2.24. The minimum absolute atomic E-state index is 0.183. The minimum atomic E-state index is -0.262. The molecule has 0 bridgehead atoms. The van der Waals surface area contributed by atoms with E-state index >= 15 is 0 Å². The molecule has 1 atom stereocenters. The molecule has 1 saturated heterocycles. The molecule has 0 spiro atoms. The second-order valence-electron chi connectivity index (χ2n) is 4.68. The summed E-state index contributed by atoms with van der Waals surface area (Å²) in [7, 11) is 0. The molecular weight excluding hydrogens is 244 g/mol. The Morgan fingerprint density at radius 2 is 2.32 bits per heavy atom. The number of nitrogens with zero attached hydrogens (tertiary/aromatic N) is 3. The van der Waals surface area contributed by atoms with Crippen LogP contribution in [0.2, 0.25) is 0 Å². The third-order valence-electron chi connectivity index (χ3n) is 3.21. The van der Waals surface area contributed by atoms with Crippen molar-refractivity contribution in [1.29, 1.82) is 0 Å².